The molecule has 176 valence electrons. The zero-order chi connectivity index (χ0) is 24.3. The van der Waals surface area contributed by atoms with Crippen LogP contribution in [0.1, 0.15) is 40.2 Å². The van der Waals surface area contributed by atoms with Gasteiger partial charge in [-0.2, -0.15) is 0 Å². The summed E-state index contributed by atoms with van der Waals surface area (Å²) in [6, 6.07) is 15.0. The van der Waals surface area contributed by atoms with Gasteiger partial charge < -0.3 is 5.32 Å². The lowest BCUT2D eigenvalue weighted by molar-refractivity contribution is -0.384. The molecule has 2 fully saturated rings. The number of carbonyl (C=O) groups is 2. The zero-order valence-corrected chi connectivity index (χ0v) is 19.3. The molecular weight excluding hydrogens is 468 g/mol. The predicted octanol–water partition coefficient (Wildman–Crippen LogP) is 4.55. The third kappa shape index (κ3) is 3.06. The number of fused-ring (bicyclic) bond motifs is 4. The molecule has 1 spiro atoms. The monoisotopic (exact) mass is 488 g/mol. The molecular formula is C26H21ClN4O4. The van der Waals surface area contributed by atoms with E-state index in [2.05, 4.69) is 15.2 Å². The number of nitro groups is 1. The molecule has 3 aromatic rings. The Morgan fingerprint density at radius 3 is 2.71 bits per heavy atom. The molecule has 1 amide bonds. The Hall–Kier alpha value is -3.62. The van der Waals surface area contributed by atoms with Crippen molar-refractivity contribution >= 4 is 34.7 Å². The second-order valence-electron chi connectivity index (χ2n) is 9.27. The number of aromatic nitrogens is 1. The van der Waals surface area contributed by atoms with E-state index in [-0.39, 0.29) is 29.3 Å². The Labute approximate surface area is 206 Å². The number of anilines is 1. The summed E-state index contributed by atoms with van der Waals surface area (Å²) in [7, 11) is 0. The van der Waals surface area contributed by atoms with Crippen molar-refractivity contribution in [2.45, 2.75) is 30.3 Å². The van der Waals surface area contributed by atoms with Crippen molar-refractivity contribution in [3.05, 3.63) is 98.8 Å². The average molecular weight is 489 g/mol. The van der Waals surface area contributed by atoms with Crippen LogP contribution in [0.5, 0.6) is 0 Å². The summed E-state index contributed by atoms with van der Waals surface area (Å²) in [5, 5.41) is 14.8. The first-order chi connectivity index (χ1) is 16.9. The van der Waals surface area contributed by atoms with Crippen LogP contribution in [0.2, 0.25) is 5.02 Å². The number of halogens is 1. The van der Waals surface area contributed by atoms with E-state index < -0.39 is 16.4 Å². The van der Waals surface area contributed by atoms with E-state index in [4.69, 9.17) is 11.6 Å². The first-order valence-corrected chi connectivity index (χ1v) is 11.9. The van der Waals surface area contributed by atoms with Gasteiger partial charge in [-0.15, -0.1) is 0 Å². The normalized spacial score (nSPS) is 27.0. The van der Waals surface area contributed by atoms with Crippen LogP contribution in [0.25, 0.3) is 0 Å². The molecule has 6 rings (SSSR count). The standard InChI is InChI=1S/C26H21ClN4O4/c27-17-7-10-20-19(13-17)26(25(33)29-20)23(24(32)16-3-1-11-28-14-16)22(21-4-2-12-30(21)26)15-5-8-18(9-6-15)31(34)35/h1,3,5-11,13-14,21-23H,2,4,12H2,(H,29,33)/t21?,22?,23?,26-/m1/s1. The van der Waals surface area contributed by atoms with Crippen molar-refractivity contribution < 1.29 is 14.5 Å². The minimum Gasteiger partial charge on any atom is -0.324 e. The lowest BCUT2D eigenvalue weighted by Crippen LogP contribution is -2.52. The van der Waals surface area contributed by atoms with Gasteiger partial charge in [0.25, 0.3) is 5.69 Å². The molecule has 1 aromatic heterocycles. The van der Waals surface area contributed by atoms with Crippen molar-refractivity contribution in [3.8, 4) is 0 Å². The molecule has 2 aromatic carbocycles. The van der Waals surface area contributed by atoms with Crippen LogP contribution in [0, 0.1) is 16.0 Å². The minimum atomic E-state index is -1.24. The van der Waals surface area contributed by atoms with E-state index >= 15 is 0 Å². The molecule has 0 saturated carbocycles. The topological polar surface area (TPSA) is 105 Å². The van der Waals surface area contributed by atoms with Crippen molar-refractivity contribution in [1.82, 2.24) is 9.88 Å². The fourth-order valence-corrected chi connectivity index (χ4v) is 6.58. The van der Waals surface area contributed by atoms with E-state index in [1.165, 1.54) is 18.3 Å². The van der Waals surface area contributed by atoms with Gasteiger partial charge in [0.1, 0.15) is 5.54 Å². The van der Waals surface area contributed by atoms with Crippen LogP contribution >= 0.6 is 11.6 Å². The largest absolute Gasteiger partial charge is 0.324 e. The van der Waals surface area contributed by atoms with E-state index in [1.54, 1.807) is 48.7 Å². The van der Waals surface area contributed by atoms with Crippen molar-refractivity contribution in [1.29, 1.82) is 0 Å². The number of amides is 1. The van der Waals surface area contributed by atoms with Crippen molar-refractivity contribution in [2.75, 3.05) is 11.9 Å². The van der Waals surface area contributed by atoms with E-state index in [0.717, 1.165) is 18.4 Å². The number of pyridine rings is 1. The summed E-state index contributed by atoms with van der Waals surface area (Å²) in [4.78, 5) is 45.3. The maximum atomic E-state index is 14.3. The molecule has 35 heavy (non-hydrogen) atoms. The fraction of sp³-hybridized carbons (Fsp3) is 0.269. The van der Waals surface area contributed by atoms with Crippen LogP contribution in [-0.2, 0) is 10.3 Å². The van der Waals surface area contributed by atoms with Gasteiger partial charge in [-0.25, -0.2) is 0 Å². The summed E-state index contributed by atoms with van der Waals surface area (Å²) in [5.74, 6) is -1.54. The number of ketones is 1. The highest BCUT2D eigenvalue weighted by Crippen LogP contribution is 2.61. The highest BCUT2D eigenvalue weighted by atomic mass is 35.5. The molecule has 9 heteroatoms. The first-order valence-electron chi connectivity index (χ1n) is 11.5. The van der Waals surface area contributed by atoms with Crippen LogP contribution < -0.4 is 5.32 Å². The number of Topliss-reactive ketones (excluding diaryl/α,β-unsaturated/α-hetero) is 1. The van der Waals surface area contributed by atoms with Gasteiger partial charge >= 0.3 is 0 Å². The highest BCUT2D eigenvalue weighted by molar-refractivity contribution is 6.31. The number of rotatable bonds is 4. The summed E-state index contributed by atoms with van der Waals surface area (Å²) < 4.78 is 0. The lowest BCUT2D eigenvalue weighted by atomic mass is 9.69. The van der Waals surface area contributed by atoms with Gasteiger partial charge in [0.15, 0.2) is 5.78 Å². The third-order valence-corrected chi connectivity index (χ3v) is 7.92. The molecule has 8 nitrogen and oxygen atoms in total. The number of carbonyl (C=O) groups excluding carboxylic acids is 2. The second kappa shape index (κ2) is 7.96. The molecule has 3 aliphatic heterocycles. The number of non-ortho nitro benzene ring substituents is 1. The zero-order valence-electron chi connectivity index (χ0n) is 18.6. The summed E-state index contributed by atoms with van der Waals surface area (Å²) in [6.45, 7) is 0.657. The van der Waals surface area contributed by atoms with Gasteiger partial charge in [-0.1, -0.05) is 23.7 Å². The number of nitrogens with one attached hydrogen (secondary N) is 1. The summed E-state index contributed by atoms with van der Waals surface area (Å²) in [6.07, 6.45) is 4.82. The van der Waals surface area contributed by atoms with Crippen molar-refractivity contribution in [3.63, 3.8) is 0 Å². The van der Waals surface area contributed by atoms with Gasteiger partial charge in [0, 0.05) is 58.3 Å². The third-order valence-electron chi connectivity index (χ3n) is 7.68. The maximum absolute atomic E-state index is 14.3. The van der Waals surface area contributed by atoms with E-state index in [1.807, 2.05) is 0 Å². The average Bonchev–Trinajstić information content (AvgIpc) is 3.53. The van der Waals surface area contributed by atoms with Crippen LogP contribution in [0.4, 0.5) is 11.4 Å². The summed E-state index contributed by atoms with van der Waals surface area (Å²) in [5.41, 5.74) is 1.33. The smallest absolute Gasteiger partial charge is 0.269 e. The van der Waals surface area contributed by atoms with Gasteiger partial charge in [-0.05, 0) is 55.3 Å². The minimum absolute atomic E-state index is 0.0180. The van der Waals surface area contributed by atoms with Crippen molar-refractivity contribution in [2.24, 2.45) is 5.92 Å². The molecule has 3 unspecified atom stereocenters. The number of nitrogens with zero attached hydrogens (tertiary/aromatic N) is 3. The molecule has 4 heterocycles. The molecule has 0 bridgehead atoms. The van der Waals surface area contributed by atoms with Gasteiger partial charge in [0.2, 0.25) is 5.91 Å². The highest BCUT2D eigenvalue weighted by Gasteiger charge is 2.69. The van der Waals surface area contributed by atoms with E-state index in [0.29, 0.717) is 28.4 Å². The maximum Gasteiger partial charge on any atom is 0.269 e. The fourth-order valence-electron chi connectivity index (χ4n) is 6.41. The molecule has 2 saturated heterocycles. The van der Waals surface area contributed by atoms with Crippen LogP contribution in [0.3, 0.4) is 0 Å². The Balaban J connectivity index is 1.60. The predicted molar refractivity (Wildman–Crippen MR) is 129 cm³/mol. The second-order valence-corrected chi connectivity index (χ2v) is 9.71. The Morgan fingerprint density at radius 2 is 2.00 bits per heavy atom. The number of benzene rings is 2. The molecule has 0 radical (unpaired) electrons. The van der Waals surface area contributed by atoms with Gasteiger partial charge in [0.05, 0.1) is 10.8 Å². The Morgan fingerprint density at radius 1 is 1.20 bits per heavy atom. The number of hydrogen-bond acceptors (Lipinski definition) is 6. The van der Waals surface area contributed by atoms with Crippen LogP contribution in [-0.4, -0.2) is 39.1 Å². The summed E-state index contributed by atoms with van der Waals surface area (Å²) >= 11 is 6.40. The Kier molecular flexibility index (Phi) is 4.98. The quantitative estimate of drug-likeness (QED) is 0.328. The SMILES string of the molecule is O=C(c1cccnc1)C1C(c2ccc([N+](=O)[O-])cc2)C2CCCN2[C@@]12C(=O)Nc1ccc(Cl)cc12. The van der Waals surface area contributed by atoms with Gasteiger partial charge in [-0.3, -0.25) is 29.6 Å². The van der Waals surface area contributed by atoms with Crippen LogP contribution in [0.15, 0.2) is 67.0 Å². The number of hydrogen-bond donors (Lipinski definition) is 1. The van der Waals surface area contributed by atoms with E-state index in [9.17, 15) is 19.7 Å². The number of nitro benzene ring substituents is 1. The Bertz CT molecular complexity index is 1360. The first kappa shape index (κ1) is 21.9. The molecule has 0 aliphatic carbocycles. The molecule has 4 atom stereocenters. The molecule has 3 aliphatic rings. The lowest BCUT2D eigenvalue weighted by Gasteiger charge is -2.37. The molecule has 1 N–H and O–H groups in total.